The summed E-state index contributed by atoms with van der Waals surface area (Å²) in [6.07, 6.45) is -3.43. The second-order valence-electron chi connectivity index (χ2n) is 4.88. The summed E-state index contributed by atoms with van der Waals surface area (Å²) in [4.78, 5) is 3.56. The van der Waals surface area contributed by atoms with E-state index in [2.05, 4.69) is 9.72 Å². The van der Waals surface area contributed by atoms with Crippen LogP contribution >= 0.6 is 0 Å². The van der Waals surface area contributed by atoms with Crippen LogP contribution in [0.15, 0.2) is 47.5 Å². The van der Waals surface area contributed by atoms with Crippen molar-refractivity contribution in [3.8, 4) is 5.75 Å². The summed E-state index contributed by atoms with van der Waals surface area (Å²) >= 11 is 0. The van der Waals surface area contributed by atoms with Gasteiger partial charge in [0.1, 0.15) is 10.6 Å². The normalized spacial score (nSPS) is 15.4. The molecule has 5 nitrogen and oxygen atoms in total. The zero-order valence-corrected chi connectivity index (χ0v) is 12.4. The van der Waals surface area contributed by atoms with Crippen LogP contribution in [0.25, 0.3) is 0 Å². The number of halogens is 3. The summed E-state index contributed by atoms with van der Waals surface area (Å²) in [5.74, 6) is -0.746. The molecule has 0 radical (unpaired) electrons. The van der Waals surface area contributed by atoms with E-state index in [9.17, 15) is 21.6 Å². The van der Waals surface area contributed by atoms with Crippen molar-refractivity contribution in [1.82, 2.24) is 9.29 Å². The molecular weight excluding hydrogens is 333 g/mol. The van der Waals surface area contributed by atoms with E-state index in [1.54, 1.807) is 12.1 Å². The Balaban J connectivity index is 1.96. The van der Waals surface area contributed by atoms with Gasteiger partial charge in [-0.1, -0.05) is 18.2 Å². The Bertz CT molecular complexity index is 812. The Kier molecular flexibility index (Phi) is 3.77. The van der Waals surface area contributed by atoms with Gasteiger partial charge >= 0.3 is 6.36 Å². The predicted octanol–water partition coefficient (Wildman–Crippen LogP) is 2.68. The highest BCUT2D eigenvalue weighted by atomic mass is 32.2. The minimum absolute atomic E-state index is 0.0128. The molecule has 122 valence electrons. The quantitative estimate of drug-likeness (QED) is 0.859. The molecule has 0 bridgehead atoms. The van der Waals surface area contributed by atoms with Crippen molar-refractivity contribution < 1.29 is 26.3 Å². The van der Waals surface area contributed by atoms with Crippen molar-refractivity contribution >= 4 is 10.0 Å². The van der Waals surface area contributed by atoms with Crippen molar-refractivity contribution in [1.29, 1.82) is 0 Å². The molecule has 2 aromatic rings. The SMILES string of the molecule is O=S(=O)(c1ccccc1OC(F)(F)F)N1Cc2cccnc2C1. The lowest BCUT2D eigenvalue weighted by molar-refractivity contribution is -0.275. The minimum Gasteiger partial charge on any atom is -0.404 e. The number of aromatic nitrogens is 1. The van der Waals surface area contributed by atoms with Crippen LogP contribution in [-0.2, 0) is 23.1 Å². The predicted molar refractivity (Wildman–Crippen MR) is 73.8 cm³/mol. The summed E-state index contributed by atoms with van der Waals surface area (Å²) in [5.41, 5.74) is 1.32. The number of alkyl halides is 3. The lowest BCUT2D eigenvalue weighted by atomic mass is 10.2. The molecule has 0 unspecified atom stereocenters. The second kappa shape index (κ2) is 5.50. The average Bonchev–Trinajstić information content (AvgIpc) is 2.90. The fraction of sp³-hybridized carbons (Fsp3) is 0.214. The van der Waals surface area contributed by atoms with E-state index in [0.29, 0.717) is 5.69 Å². The van der Waals surface area contributed by atoms with Crippen LogP contribution in [0.4, 0.5) is 13.2 Å². The van der Waals surface area contributed by atoms with Gasteiger partial charge in [-0.05, 0) is 23.8 Å². The Morgan fingerprint density at radius 2 is 1.83 bits per heavy atom. The molecule has 0 aliphatic carbocycles. The number of hydrogen-bond donors (Lipinski definition) is 0. The van der Waals surface area contributed by atoms with E-state index in [4.69, 9.17) is 0 Å². The molecule has 0 atom stereocenters. The summed E-state index contributed by atoms with van der Waals surface area (Å²) in [6, 6.07) is 8.10. The van der Waals surface area contributed by atoms with Gasteiger partial charge in [0.2, 0.25) is 10.0 Å². The Morgan fingerprint density at radius 1 is 1.09 bits per heavy atom. The van der Waals surface area contributed by atoms with E-state index < -0.39 is 27.0 Å². The monoisotopic (exact) mass is 344 g/mol. The molecule has 0 fully saturated rings. The zero-order valence-electron chi connectivity index (χ0n) is 11.6. The van der Waals surface area contributed by atoms with Crippen molar-refractivity contribution in [2.24, 2.45) is 0 Å². The number of hydrogen-bond acceptors (Lipinski definition) is 4. The van der Waals surface area contributed by atoms with E-state index in [-0.39, 0.29) is 13.1 Å². The third-order valence-electron chi connectivity index (χ3n) is 3.35. The molecule has 1 aromatic heterocycles. The Hall–Kier alpha value is -2.13. The standard InChI is InChI=1S/C14H11F3N2O3S/c15-14(16,17)22-12-5-1-2-6-13(12)23(20,21)19-8-10-4-3-7-18-11(10)9-19/h1-7H,8-9H2. The molecular formula is C14H11F3N2O3S. The summed E-state index contributed by atoms with van der Waals surface area (Å²) in [6.45, 7) is 0.0741. The average molecular weight is 344 g/mol. The molecule has 1 aliphatic rings. The molecule has 2 heterocycles. The van der Waals surface area contributed by atoms with Crippen LogP contribution in [0.1, 0.15) is 11.3 Å². The summed E-state index contributed by atoms with van der Waals surface area (Å²) in [5, 5.41) is 0. The van der Waals surface area contributed by atoms with Crippen LogP contribution in [0.5, 0.6) is 5.75 Å². The van der Waals surface area contributed by atoms with Gasteiger partial charge in [0.25, 0.3) is 0 Å². The number of nitrogens with zero attached hydrogens (tertiary/aromatic N) is 2. The van der Waals surface area contributed by atoms with Gasteiger partial charge in [0.05, 0.1) is 12.2 Å². The number of benzene rings is 1. The molecule has 0 N–H and O–H groups in total. The molecule has 0 saturated carbocycles. The fourth-order valence-electron chi connectivity index (χ4n) is 2.35. The molecule has 0 spiro atoms. The first-order valence-electron chi connectivity index (χ1n) is 6.55. The maximum Gasteiger partial charge on any atom is 0.573 e. The molecule has 1 aromatic carbocycles. The lowest BCUT2D eigenvalue weighted by Gasteiger charge is -2.18. The third kappa shape index (κ3) is 3.15. The van der Waals surface area contributed by atoms with Gasteiger partial charge in [-0.2, -0.15) is 4.31 Å². The van der Waals surface area contributed by atoms with Crippen molar-refractivity contribution in [2.75, 3.05) is 0 Å². The lowest BCUT2D eigenvalue weighted by Crippen LogP contribution is -2.27. The van der Waals surface area contributed by atoms with Crippen LogP contribution in [0.2, 0.25) is 0 Å². The highest BCUT2D eigenvalue weighted by molar-refractivity contribution is 7.89. The highest BCUT2D eigenvalue weighted by Gasteiger charge is 2.37. The van der Waals surface area contributed by atoms with Crippen LogP contribution < -0.4 is 4.74 Å². The largest absolute Gasteiger partial charge is 0.573 e. The van der Waals surface area contributed by atoms with E-state index in [1.807, 2.05) is 0 Å². The number of sulfonamides is 1. The molecule has 23 heavy (non-hydrogen) atoms. The van der Waals surface area contributed by atoms with Gasteiger partial charge in [-0.25, -0.2) is 8.42 Å². The van der Waals surface area contributed by atoms with Crippen molar-refractivity contribution in [3.05, 3.63) is 53.9 Å². The topological polar surface area (TPSA) is 59.5 Å². The van der Waals surface area contributed by atoms with Crippen molar-refractivity contribution in [3.63, 3.8) is 0 Å². The maximum atomic E-state index is 12.7. The molecule has 0 amide bonds. The number of fused-ring (bicyclic) bond motifs is 1. The maximum absolute atomic E-state index is 12.7. The van der Waals surface area contributed by atoms with Gasteiger partial charge in [0.15, 0.2) is 0 Å². The second-order valence-corrected chi connectivity index (χ2v) is 6.78. The van der Waals surface area contributed by atoms with Crippen LogP contribution in [0.3, 0.4) is 0 Å². The smallest absolute Gasteiger partial charge is 0.404 e. The zero-order chi connectivity index (χ0) is 16.7. The summed E-state index contributed by atoms with van der Waals surface area (Å²) in [7, 11) is -4.14. The van der Waals surface area contributed by atoms with E-state index in [1.165, 1.54) is 18.3 Å². The molecule has 9 heteroatoms. The molecule has 1 aliphatic heterocycles. The first-order valence-corrected chi connectivity index (χ1v) is 7.99. The van der Waals surface area contributed by atoms with Gasteiger partial charge in [-0.15, -0.1) is 13.2 Å². The molecule has 3 rings (SSSR count). The summed E-state index contributed by atoms with van der Waals surface area (Å²) < 4.78 is 67.6. The Labute approximate surface area is 130 Å². The van der Waals surface area contributed by atoms with Crippen LogP contribution in [0, 0.1) is 0 Å². The first-order chi connectivity index (χ1) is 10.8. The number of ether oxygens (including phenoxy) is 1. The van der Waals surface area contributed by atoms with Gasteiger partial charge < -0.3 is 4.74 Å². The third-order valence-corrected chi connectivity index (χ3v) is 5.18. The van der Waals surface area contributed by atoms with Crippen LogP contribution in [-0.4, -0.2) is 24.1 Å². The van der Waals surface area contributed by atoms with Crippen molar-refractivity contribution in [2.45, 2.75) is 24.3 Å². The molecule has 0 saturated heterocycles. The number of rotatable bonds is 3. The van der Waals surface area contributed by atoms with E-state index in [0.717, 1.165) is 22.0 Å². The first kappa shape index (κ1) is 15.8. The van der Waals surface area contributed by atoms with Gasteiger partial charge in [-0.3, -0.25) is 4.98 Å². The van der Waals surface area contributed by atoms with E-state index >= 15 is 0 Å². The highest BCUT2D eigenvalue weighted by Crippen LogP contribution is 2.34. The van der Waals surface area contributed by atoms with Gasteiger partial charge in [0, 0.05) is 12.7 Å². The minimum atomic E-state index is -4.97. The number of pyridine rings is 1. The Morgan fingerprint density at radius 3 is 2.52 bits per heavy atom. The number of para-hydroxylation sites is 1. The fourth-order valence-corrected chi connectivity index (χ4v) is 3.85.